The molecular formula is C26H36N2O5S. The van der Waals surface area contributed by atoms with Gasteiger partial charge in [0.1, 0.15) is 6.04 Å². The molecule has 1 atom stereocenters. The first-order valence-electron chi connectivity index (χ1n) is 12.0. The van der Waals surface area contributed by atoms with Crippen LogP contribution < -0.4 is 14.8 Å². The van der Waals surface area contributed by atoms with Gasteiger partial charge in [-0.05, 0) is 55.3 Å². The van der Waals surface area contributed by atoms with E-state index in [1.807, 2.05) is 30.5 Å². The van der Waals surface area contributed by atoms with Gasteiger partial charge in [0.25, 0.3) is 0 Å². The fourth-order valence-electron chi connectivity index (χ4n) is 4.39. The normalized spacial score (nSPS) is 14.6. The number of amides is 2. The van der Waals surface area contributed by atoms with Gasteiger partial charge in [-0.3, -0.25) is 9.59 Å². The number of rotatable bonds is 13. The van der Waals surface area contributed by atoms with Crippen LogP contribution in [0, 0.1) is 0 Å². The van der Waals surface area contributed by atoms with E-state index in [-0.39, 0.29) is 24.3 Å². The predicted molar refractivity (Wildman–Crippen MR) is 134 cm³/mol. The van der Waals surface area contributed by atoms with Crippen molar-refractivity contribution in [2.75, 3.05) is 34.0 Å². The van der Waals surface area contributed by atoms with Gasteiger partial charge in [0, 0.05) is 30.7 Å². The van der Waals surface area contributed by atoms with Gasteiger partial charge in [-0.2, -0.15) is 0 Å². The van der Waals surface area contributed by atoms with Crippen molar-refractivity contribution in [2.24, 2.45) is 0 Å². The number of thiophene rings is 1. The minimum atomic E-state index is -0.769. The summed E-state index contributed by atoms with van der Waals surface area (Å²) in [5, 5.41) is 5.16. The summed E-state index contributed by atoms with van der Waals surface area (Å²) in [4.78, 5) is 29.9. The zero-order valence-corrected chi connectivity index (χ0v) is 21.2. The van der Waals surface area contributed by atoms with Crippen molar-refractivity contribution in [3.63, 3.8) is 0 Å². The highest BCUT2D eigenvalue weighted by Crippen LogP contribution is 2.33. The van der Waals surface area contributed by atoms with Gasteiger partial charge in [-0.1, -0.05) is 25.0 Å². The van der Waals surface area contributed by atoms with Crippen LogP contribution in [0.1, 0.15) is 55.5 Å². The summed E-state index contributed by atoms with van der Waals surface area (Å²) in [6.45, 7) is 3.51. The molecule has 2 aromatic rings. The molecule has 2 amide bonds. The third-order valence-corrected chi connectivity index (χ3v) is 6.98. The van der Waals surface area contributed by atoms with Crippen LogP contribution in [0.4, 0.5) is 0 Å². The lowest BCUT2D eigenvalue weighted by Gasteiger charge is -2.32. The van der Waals surface area contributed by atoms with Gasteiger partial charge in [-0.15, -0.1) is 11.3 Å². The summed E-state index contributed by atoms with van der Waals surface area (Å²) >= 11 is 1.54. The molecule has 1 saturated carbocycles. The average Bonchev–Trinajstić information content (AvgIpc) is 3.55. The van der Waals surface area contributed by atoms with Crippen LogP contribution in [0.3, 0.4) is 0 Å². The Balaban J connectivity index is 1.94. The Labute approximate surface area is 206 Å². The van der Waals surface area contributed by atoms with E-state index in [9.17, 15) is 9.59 Å². The Morgan fingerprint density at radius 2 is 1.91 bits per heavy atom. The Morgan fingerprint density at radius 1 is 1.15 bits per heavy atom. The molecule has 0 radical (unpaired) electrons. The van der Waals surface area contributed by atoms with Crippen molar-refractivity contribution >= 4 is 23.2 Å². The fourth-order valence-corrected chi connectivity index (χ4v) is 5.08. The summed E-state index contributed by atoms with van der Waals surface area (Å²) < 4.78 is 16.4. The largest absolute Gasteiger partial charge is 0.493 e. The molecule has 8 heteroatoms. The van der Waals surface area contributed by atoms with Crippen LogP contribution in [0.2, 0.25) is 0 Å². The van der Waals surface area contributed by atoms with E-state index in [1.165, 1.54) is 0 Å². The maximum Gasteiger partial charge on any atom is 0.247 e. The lowest BCUT2D eigenvalue weighted by Crippen LogP contribution is -2.47. The summed E-state index contributed by atoms with van der Waals surface area (Å²) in [6, 6.07) is 8.69. The minimum absolute atomic E-state index is 0.0831. The smallest absolute Gasteiger partial charge is 0.247 e. The van der Waals surface area contributed by atoms with Gasteiger partial charge >= 0.3 is 0 Å². The number of ether oxygens (including phenoxy) is 3. The quantitative estimate of drug-likeness (QED) is 0.424. The number of hydrogen-bond acceptors (Lipinski definition) is 6. The molecule has 3 rings (SSSR count). The topological polar surface area (TPSA) is 77.1 Å². The molecule has 1 heterocycles. The standard InChI is InChI=1S/C26H36N2O5S/c1-4-33-15-8-14-28(24(29)18-21-11-7-16-34-21)25(26(30)27-20-9-5-6-10-20)19-12-13-22(31-2)23(17-19)32-3/h7,11-13,16-17,20,25H,4-6,8-10,14-15,18H2,1-3H3,(H,27,30)/t25-/m0/s1. The summed E-state index contributed by atoms with van der Waals surface area (Å²) in [6.07, 6.45) is 5.07. The van der Waals surface area contributed by atoms with Gasteiger partial charge in [0.15, 0.2) is 11.5 Å². The molecule has 1 fully saturated rings. The zero-order chi connectivity index (χ0) is 24.3. The fraction of sp³-hybridized carbons (Fsp3) is 0.538. The predicted octanol–water partition coefficient (Wildman–Crippen LogP) is 4.36. The summed E-state index contributed by atoms with van der Waals surface area (Å²) in [5.41, 5.74) is 0.698. The number of carbonyl (C=O) groups excluding carboxylic acids is 2. The van der Waals surface area contributed by atoms with E-state index in [0.717, 1.165) is 30.6 Å². The molecule has 1 aromatic carbocycles. The number of methoxy groups -OCH3 is 2. The van der Waals surface area contributed by atoms with E-state index in [1.54, 1.807) is 42.6 Å². The van der Waals surface area contributed by atoms with Crippen LogP contribution in [0.25, 0.3) is 0 Å². The summed E-state index contributed by atoms with van der Waals surface area (Å²) in [5.74, 6) is 0.864. The highest BCUT2D eigenvalue weighted by atomic mass is 32.1. The van der Waals surface area contributed by atoms with Gasteiger partial charge in [0.2, 0.25) is 11.8 Å². The van der Waals surface area contributed by atoms with E-state index in [0.29, 0.717) is 43.2 Å². The Hall–Kier alpha value is -2.58. The van der Waals surface area contributed by atoms with Crippen molar-refractivity contribution in [2.45, 2.75) is 57.5 Å². The van der Waals surface area contributed by atoms with E-state index in [4.69, 9.17) is 14.2 Å². The molecule has 0 bridgehead atoms. The van der Waals surface area contributed by atoms with E-state index >= 15 is 0 Å². The molecular weight excluding hydrogens is 452 g/mol. The van der Waals surface area contributed by atoms with E-state index < -0.39 is 6.04 Å². The van der Waals surface area contributed by atoms with E-state index in [2.05, 4.69) is 5.32 Å². The zero-order valence-electron chi connectivity index (χ0n) is 20.4. The lowest BCUT2D eigenvalue weighted by molar-refractivity contribution is -0.141. The minimum Gasteiger partial charge on any atom is -0.493 e. The number of benzene rings is 1. The third kappa shape index (κ3) is 6.96. The Morgan fingerprint density at radius 3 is 2.56 bits per heavy atom. The molecule has 1 aromatic heterocycles. The second-order valence-electron chi connectivity index (χ2n) is 8.40. The summed E-state index contributed by atoms with van der Waals surface area (Å²) in [7, 11) is 3.14. The van der Waals surface area contributed by atoms with Crippen molar-refractivity contribution < 1.29 is 23.8 Å². The van der Waals surface area contributed by atoms with Crippen LogP contribution in [0.15, 0.2) is 35.7 Å². The number of nitrogens with zero attached hydrogens (tertiary/aromatic N) is 1. The monoisotopic (exact) mass is 488 g/mol. The maximum atomic E-state index is 13.7. The molecule has 186 valence electrons. The highest BCUT2D eigenvalue weighted by molar-refractivity contribution is 7.10. The van der Waals surface area contributed by atoms with Gasteiger partial charge in [-0.25, -0.2) is 0 Å². The first kappa shape index (κ1) is 26.0. The molecule has 0 spiro atoms. The maximum absolute atomic E-state index is 13.7. The Bertz CT molecular complexity index is 912. The third-order valence-electron chi connectivity index (χ3n) is 6.10. The van der Waals surface area contributed by atoms with Crippen LogP contribution in [-0.4, -0.2) is 56.7 Å². The molecule has 1 aliphatic carbocycles. The number of nitrogens with one attached hydrogen (secondary N) is 1. The van der Waals surface area contributed by atoms with Gasteiger partial charge in [0.05, 0.1) is 20.6 Å². The second-order valence-corrected chi connectivity index (χ2v) is 9.43. The molecule has 1 aliphatic rings. The van der Waals surface area contributed by atoms with Crippen LogP contribution in [0.5, 0.6) is 11.5 Å². The van der Waals surface area contributed by atoms with Crippen molar-refractivity contribution in [3.05, 3.63) is 46.2 Å². The molecule has 0 aliphatic heterocycles. The average molecular weight is 489 g/mol. The van der Waals surface area contributed by atoms with Crippen molar-refractivity contribution in [3.8, 4) is 11.5 Å². The van der Waals surface area contributed by atoms with Crippen molar-refractivity contribution in [1.82, 2.24) is 10.2 Å². The SMILES string of the molecule is CCOCCCN(C(=O)Cc1cccs1)[C@H](C(=O)NC1CCCC1)c1ccc(OC)c(OC)c1. The first-order chi connectivity index (χ1) is 16.6. The number of carbonyl (C=O) groups is 2. The van der Waals surface area contributed by atoms with Crippen LogP contribution in [-0.2, 0) is 20.7 Å². The second kappa shape index (κ2) is 13.3. The number of hydrogen-bond donors (Lipinski definition) is 1. The molecule has 0 unspecified atom stereocenters. The molecule has 7 nitrogen and oxygen atoms in total. The molecule has 34 heavy (non-hydrogen) atoms. The van der Waals surface area contributed by atoms with Gasteiger partial charge < -0.3 is 24.4 Å². The Kier molecular flexibility index (Phi) is 10.2. The van der Waals surface area contributed by atoms with Crippen molar-refractivity contribution in [1.29, 1.82) is 0 Å². The molecule has 1 N–H and O–H groups in total. The highest BCUT2D eigenvalue weighted by Gasteiger charge is 2.33. The first-order valence-corrected chi connectivity index (χ1v) is 12.9. The molecule has 0 saturated heterocycles. The lowest BCUT2D eigenvalue weighted by atomic mass is 10.0. The van der Waals surface area contributed by atoms with Crippen LogP contribution >= 0.6 is 11.3 Å².